The van der Waals surface area contributed by atoms with Gasteiger partial charge in [-0.15, -0.1) is 0 Å². The molecule has 31 heavy (non-hydrogen) atoms. The summed E-state index contributed by atoms with van der Waals surface area (Å²) >= 11 is 0. The Morgan fingerprint density at radius 3 is 2.52 bits per heavy atom. The number of nitro groups is 1. The van der Waals surface area contributed by atoms with E-state index in [1.807, 2.05) is 6.07 Å². The van der Waals surface area contributed by atoms with Crippen molar-refractivity contribution in [3.05, 3.63) is 82.4 Å². The van der Waals surface area contributed by atoms with Crippen molar-refractivity contribution >= 4 is 17.3 Å². The van der Waals surface area contributed by atoms with Crippen LogP contribution in [0.5, 0.6) is 11.5 Å². The highest BCUT2D eigenvalue weighted by atomic mass is 16.6. The molecule has 0 aliphatic heterocycles. The van der Waals surface area contributed by atoms with Crippen LogP contribution >= 0.6 is 0 Å². The standard InChI is InChI=1S/C23H19N3O5/c1-15(23(27)25-18-5-3-4-16(12-18)14-24)31-22-11-8-19(26(28)29)13-21(22)17-6-9-20(30-2)10-7-17/h3-13,15H,1-2H3,(H,25,27)/t15-/m0/s1. The molecule has 0 aliphatic rings. The number of nitriles is 1. The van der Waals surface area contributed by atoms with Crippen molar-refractivity contribution in [3.8, 4) is 28.7 Å². The normalized spacial score (nSPS) is 11.1. The molecule has 156 valence electrons. The molecule has 3 rings (SSSR count). The number of nitro benzene ring substituents is 1. The maximum atomic E-state index is 12.6. The Morgan fingerprint density at radius 1 is 1.13 bits per heavy atom. The first kappa shape index (κ1) is 21.3. The third-order valence-corrected chi connectivity index (χ3v) is 4.51. The zero-order chi connectivity index (χ0) is 22.4. The van der Waals surface area contributed by atoms with Gasteiger partial charge in [0.15, 0.2) is 6.10 Å². The summed E-state index contributed by atoms with van der Waals surface area (Å²) in [5, 5.41) is 22.9. The molecule has 0 aliphatic carbocycles. The number of anilines is 1. The summed E-state index contributed by atoms with van der Waals surface area (Å²) in [7, 11) is 1.55. The number of benzene rings is 3. The number of ether oxygens (including phenoxy) is 2. The largest absolute Gasteiger partial charge is 0.497 e. The Bertz CT molecular complexity index is 1150. The van der Waals surface area contributed by atoms with Gasteiger partial charge in [-0.1, -0.05) is 18.2 Å². The van der Waals surface area contributed by atoms with Crippen molar-refractivity contribution in [2.24, 2.45) is 0 Å². The van der Waals surface area contributed by atoms with Crippen molar-refractivity contribution in [1.82, 2.24) is 0 Å². The highest BCUT2D eigenvalue weighted by molar-refractivity contribution is 5.94. The van der Waals surface area contributed by atoms with E-state index in [9.17, 15) is 14.9 Å². The molecule has 1 N–H and O–H groups in total. The molecule has 3 aromatic rings. The van der Waals surface area contributed by atoms with Crippen molar-refractivity contribution < 1.29 is 19.2 Å². The fourth-order valence-electron chi connectivity index (χ4n) is 2.88. The molecule has 8 heteroatoms. The van der Waals surface area contributed by atoms with Crippen molar-refractivity contribution in [2.45, 2.75) is 13.0 Å². The fraction of sp³-hybridized carbons (Fsp3) is 0.130. The van der Waals surface area contributed by atoms with Crippen LogP contribution in [-0.4, -0.2) is 24.0 Å². The van der Waals surface area contributed by atoms with Gasteiger partial charge in [0.2, 0.25) is 0 Å². The number of methoxy groups -OCH3 is 1. The molecule has 0 saturated heterocycles. The van der Waals surface area contributed by atoms with E-state index < -0.39 is 16.9 Å². The van der Waals surface area contributed by atoms with Gasteiger partial charge in [0.1, 0.15) is 11.5 Å². The number of hydrogen-bond donors (Lipinski definition) is 1. The highest BCUT2D eigenvalue weighted by Crippen LogP contribution is 2.35. The average Bonchev–Trinajstić information content (AvgIpc) is 2.79. The molecule has 0 radical (unpaired) electrons. The minimum atomic E-state index is -0.899. The van der Waals surface area contributed by atoms with Gasteiger partial charge in [-0.05, 0) is 48.9 Å². The lowest BCUT2D eigenvalue weighted by molar-refractivity contribution is -0.384. The molecular weight excluding hydrogens is 398 g/mol. The summed E-state index contributed by atoms with van der Waals surface area (Å²) in [5.41, 5.74) is 1.95. The Labute approximate surface area is 178 Å². The van der Waals surface area contributed by atoms with Crippen LogP contribution < -0.4 is 14.8 Å². The lowest BCUT2D eigenvalue weighted by Crippen LogP contribution is -2.30. The Morgan fingerprint density at radius 2 is 1.87 bits per heavy atom. The van der Waals surface area contributed by atoms with Crippen molar-refractivity contribution in [3.63, 3.8) is 0 Å². The van der Waals surface area contributed by atoms with E-state index in [2.05, 4.69) is 5.32 Å². The molecule has 1 amide bonds. The molecular formula is C23H19N3O5. The summed E-state index contributed by atoms with van der Waals surface area (Å²) < 4.78 is 11.0. The van der Waals surface area contributed by atoms with Crippen LogP contribution in [0.2, 0.25) is 0 Å². The molecule has 0 aromatic heterocycles. The van der Waals surface area contributed by atoms with Crippen LogP contribution in [0.15, 0.2) is 66.7 Å². The highest BCUT2D eigenvalue weighted by Gasteiger charge is 2.20. The fourth-order valence-corrected chi connectivity index (χ4v) is 2.88. The first-order valence-electron chi connectivity index (χ1n) is 9.32. The van der Waals surface area contributed by atoms with E-state index in [0.717, 1.165) is 0 Å². The smallest absolute Gasteiger partial charge is 0.270 e. The molecule has 3 aromatic carbocycles. The van der Waals surface area contributed by atoms with E-state index in [4.69, 9.17) is 14.7 Å². The third-order valence-electron chi connectivity index (χ3n) is 4.51. The number of nitrogens with zero attached hydrogens (tertiary/aromatic N) is 2. The number of carbonyl (C=O) groups is 1. The zero-order valence-electron chi connectivity index (χ0n) is 16.9. The van der Waals surface area contributed by atoms with E-state index in [0.29, 0.717) is 33.9 Å². The topological polar surface area (TPSA) is 114 Å². The molecule has 0 unspecified atom stereocenters. The van der Waals surface area contributed by atoms with Crippen molar-refractivity contribution in [1.29, 1.82) is 5.26 Å². The van der Waals surface area contributed by atoms with Gasteiger partial charge in [0, 0.05) is 23.4 Å². The van der Waals surface area contributed by atoms with E-state index >= 15 is 0 Å². The van der Waals surface area contributed by atoms with E-state index in [1.165, 1.54) is 18.2 Å². The minimum Gasteiger partial charge on any atom is -0.497 e. The monoisotopic (exact) mass is 417 g/mol. The van der Waals surface area contributed by atoms with Gasteiger partial charge in [0.05, 0.1) is 23.7 Å². The molecule has 0 heterocycles. The zero-order valence-corrected chi connectivity index (χ0v) is 16.9. The summed E-state index contributed by atoms with van der Waals surface area (Å²) in [6.07, 6.45) is -0.899. The molecule has 0 spiro atoms. The second-order valence-electron chi connectivity index (χ2n) is 6.61. The van der Waals surface area contributed by atoms with Gasteiger partial charge in [-0.3, -0.25) is 14.9 Å². The van der Waals surface area contributed by atoms with E-state index in [1.54, 1.807) is 62.6 Å². The van der Waals surface area contributed by atoms with Crippen LogP contribution in [0.4, 0.5) is 11.4 Å². The molecule has 0 saturated carbocycles. The second kappa shape index (κ2) is 9.41. The number of nitrogens with one attached hydrogen (secondary N) is 1. The number of carbonyl (C=O) groups excluding carboxylic acids is 1. The predicted molar refractivity (Wildman–Crippen MR) is 115 cm³/mol. The SMILES string of the molecule is COc1ccc(-c2cc([N+](=O)[O-])ccc2O[C@@H](C)C(=O)Nc2cccc(C#N)c2)cc1. The van der Waals surface area contributed by atoms with Gasteiger partial charge in [0.25, 0.3) is 11.6 Å². The Hall–Kier alpha value is -4.38. The van der Waals surface area contributed by atoms with Crippen LogP contribution in [0.25, 0.3) is 11.1 Å². The summed E-state index contributed by atoms with van der Waals surface area (Å²) in [5.74, 6) is 0.544. The minimum absolute atomic E-state index is 0.0939. The quantitative estimate of drug-likeness (QED) is 0.446. The van der Waals surface area contributed by atoms with Gasteiger partial charge in [-0.25, -0.2) is 0 Å². The van der Waals surface area contributed by atoms with Crippen molar-refractivity contribution in [2.75, 3.05) is 12.4 Å². The third kappa shape index (κ3) is 5.16. The first-order valence-corrected chi connectivity index (χ1v) is 9.32. The van der Waals surface area contributed by atoms with E-state index in [-0.39, 0.29) is 5.69 Å². The Balaban J connectivity index is 1.86. The molecule has 0 bridgehead atoms. The van der Waals surface area contributed by atoms with Gasteiger partial charge >= 0.3 is 0 Å². The maximum absolute atomic E-state index is 12.6. The first-order chi connectivity index (χ1) is 14.9. The van der Waals surface area contributed by atoms with Gasteiger partial charge < -0.3 is 14.8 Å². The Kier molecular flexibility index (Phi) is 6.48. The molecule has 0 fully saturated rings. The summed E-state index contributed by atoms with van der Waals surface area (Å²) in [6.45, 7) is 1.57. The average molecular weight is 417 g/mol. The summed E-state index contributed by atoms with van der Waals surface area (Å²) in [4.78, 5) is 23.3. The molecule has 8 nitrogen and oxygen atoms in total. The second-order valence-corrected chi connectivity index (χ2v) is 6.61. The number of non-ortho nitro benzene ring substituents is 1. The lowest BCUT2D eigenvalue weighted by Gasteiger charge is -2.17. The van der Waals surface area contributed by atoms with Crippen LogP contribution in [0, 0.1) is 21.4 Å². The molecule has 1 atom stereocenters. The lowest BCUT2D eigenvalue weighted by atomic mass is 10.0. The predicted octanol–water partition coefficient (Wildman–Crippen LogP) is 4.55. The van der Waals surface area contributed by atoms with Crippen LogP contribution in [0.1, 0.15) is 12.5 Å². The number of amides is 1. The summed E-state index contributed by atoms with van der Waals surface area (Å²) in [6, 6.07) is 19.7. The number of rotatable bonds is 7. The van der Waals surface area contributed by atoms with Gasteiger partial charge in [-0.2, -0.15) is 5.26 Å². The maximum Gasteiger partial charge on any atom is 0.270 e. The van der Waals surface area contributed by atoms with Crippen LogP contribution in [-0.2, 0) is 4.79 Å². The van der Waals surface area contributed by atoms with Crippen LogP contribution in [0.3, 0.4) is 0 Å². The number of hydrogen-bond acceptors (Lipinski definition) is 6.